The van der Waals surface area contributed by atoms with Crippen LogP contribution < -0.4 is 9.73 Å². The highest BCUT2D eigenvalue weighted by Crippen LogP contribution is 2.22. The fraction of sp³-hybridized carbons (Fsp3) is 0.125. The lowest BCUT2D eigenvalue weighted by Gasteiger charge is -2.22. The van der Waals surface area contributed by atoms with Gasteiger partial charge in [-0.1, -0.05) is 35.9 Å². The van der Waals surface area contributed by atoms with Crippen LogP contribution in [0.2, 0.25) is 5.02 Å². The molecule has 34 heavy (non-hydrogen) atoms. The molecule has 10 heteroatoms. The molecule has 8 nitrogen and oxygen atoms in total. The van der Waals surface area contributed by atoms with E-state index in [2.05, 4.69) is 15.3 Å². The molecule has 3 rings (SSSR count). The van der Waals surface area contributed by atoms with Crippen molar-refractivity contribution < 1.29 is 22.7 Å². The van der Waals surface area contributed by atoms with Crippen LogP contribution in [0.5, 0.6) is 0 Å². The van der Waals surface area contributed by atoms with Crippen molar-refractivity contribution in [2.45, 2.75) is 6.54 Å². The van der Waals surface area contributed by atoms with Crippen LogP contribution in [0.25, 0.3) is 0 Å². The van der Waals surface area contributed by atoms with E-state index in [1.165, 1.54) is 29.8 Å². The van der Waals surface area contributed by atoms with Crippen LogP contribution in [-0.2, 0) is 21.3 Å². The van der Waals surface area contributed by atoms with Crippen LogP contribution in [0.15, 0.2) is 77.9 Å². The zero-order valence-corrected chi connectivity index (χ0v) is 20.0. The van der Waals surface area contributed by atoms with Crippen LogP contribution in [-0.4, -0.2) is 39.9 Å². The number of carbonyl (C=O) groups excluding carboxylic acids is 2. The molecule has 3 aromatic rings. The van der Waals surface area contributed by atoms with Crippen molar-refractivity contribution in [2.24, 2.45) is 5.10 Å². The standard InChI is InChI=1S/C24H22ClN3O5S/c1-33-24(30)20-7-3-17(4-8-20)15-26-27-23(29)19-9-13-22(14-10-19)28(34(2,31)32)16-18-5-11-21(25)12-6-18/h3-15H,16H2,1-2H3,(H,27,29)/b26-15-. The Morgan fingerprint density at radius 3 is 2.12 bits per heavy atom. The van der Waals surface area contributed by atoms with Crippen LogP contribution in [0.3, 0.4) is 0 Å². The first-order valence-corrected chi connectivity index (χ1v) is 12.2. The third kappa shape index (κ3) is 6.66. The number of hydrazone groups is 1. The summed E-state index contributed by atoms with van der Waals surface area (Å²) in [5.74, 6) is -0.902. The highest BCUT2D eigenvalue weighted by atomic mass is 35.5. The first kappa shape index (κ1) is 24.9. The Hall–Kier alpha value is -3.69. The number of nitrogens with one attached hydrogen (secondary N) is 1. The molecule has 0 unspecified atom stereocenters. The van der Waals surface area contributed by atoms with Gasteiger partial charge in [0.2, 0.25) is 10.0 Å². The van der Waals surface area contributed by atoms with Gasteiger partial charge in [0.15, 0.2) is 0 Å². The molecule has 1 amide bonds. The molecule has 0 bridgehead atoms. The predicted molar refractivity (Wildman–Crippen MR) is 132 cm³/mol. The SMILES string of the molecule is COC(=O)c1ccc(/C=N\NC(=O)c2ccc(N(Cc3ccc(Cl)cc3)S(C)(=O)=O)cc2)cc1. The van der Waals surface area contributed by atoms with E-state index in [1.54, 1.807) is 60.7 Å². The lowest BCUT2D eigenvalue weighted by molar-refractivity contribution is 0.0600. The van der Waals surface area contributed by atoms with Gasteiger partial charge in [0.1, 0.15) is 0 Å². The second-order valence-corrected chi connectivity index (χ2v) is 9.60. The third-order valence-electron chi connectivity index (χ3n) is 4.77. The minimum absolute atomic E-state index is 0.126. The molecule has 0 spiro atoms. The fourth-order valence-corrected chi connectivity index (χ4v) is 4.00. The van der Waals surface area contributed by atoms with Crippen LogP contribution in [0.4, 0.5) is 5.69 Å². The summed E-state index contributed by atoms with van der Waals surface area (Å²) >= 11 is 5.90. The first-order chi connectivity index (χ1) is 16.2. The van der Waals surface area contributed by atoms with Crippen molar-refractivity contribution in [3.05, 3.63) is 100 Å². The van der Waals surface area contributed by atoms with Crippen LogP contribution in [0, 0.1) is 0 Å². The Morgan fingerprint density at radius 2 is 1.56 bits per heavy atom. The Kier molecular flexibility index (Phi) is 8.04. The molecular weight excluding hydrogens is 478 g/mol. The topological polar surface area (TPSA) is 105 Å². The quantitative estimate of drug-likeness (QED) is 0.288. The molecule has 0 aliphatic heterocycles. The summed E-state index contributed by atoms with van der Waals surface area (Å²) in [7, 11) is -2.26. The van der Waals surface area contributed by atoms with Crippen molar-refractivity contribution in [1.29, 1.82) is 0 Å². The van der Waals surface area contributed by atoms with Gasteiger partial charge in [-0.25, -0.2) is 18.6 Å². The van der Waals surface area contributed by atoms with E-state index >= 15 is 0 Å². The summed E-state index contributed by atoms with van der Waals surface area (Å²) in [5.41, 5.74) is 4.99. The van der Waals surface area contributed by atoms with Crippen molar-refractivity contribution in [3.63, 3.8) is 0 Å². The van der Waals surface area contributed by atoms with Gasteiger partial charge >= 0.3 is 5.97 Å². The number of halogens is 1. The van der Waals surface area contributed by atoms with Gasteiger partial charge in [0.25, 0.3) is 5.91 Å². The minimum atomic E-state index is -3.57. The lowest BCUT2D eigenvalue weighted by Crippen LogP contribution is -2.29. The number of ether oxygens (including phenoxy) is 1. The number of rotatable bonds is 8. The number of hydrogen-bond acceptors (Lipinski definition) is 6. The van der Waals surface area contributed by atoms with Gasteiger partial charge in [0, 0.05) is 10.6 Å². The number of amides is 1. The normalized spacial score (nSPS) is 11.3. The van der Waals surface area contributed by atoms with Gasteiger partial charge in [0.05, 0.1) is 37.4 Å². The lowest BCUT2D eigenvalue weighted by atomic mass is 10.1. The highest BCUT2D eigenvalue weighted by Gasteiger charge is 2.18. The molecule has 3 aromatic carbocycles. The molecule has 0 radical (unpaired) electrons. The van der Waals surface area contributed by atoms with E-state index in [0.29, 0.717) is 27.4 Å². The van der Waals surface area contributed by atoms with Gasteiger partial charge < -0.3 is 4.74 Å². The Balaban J connectivity index is 1.67. The maximum absolute atomic E-state index is 12.4. The van der Waals surface area contributed by atoms with E-state index in [0.717, 1.165) is 11.8 Å². The van der Waals surface area contributed by atoms with Crippen molar-refractivity contribution in [3.8, 4) is 0 Å². The molecule has 0 fully saturated rings. The predicted octanol–water partition coefficient (Wildman–Crippen LogP) is 3.86. The van der Waals surface area contributed by atoms with Crippen molar-refractivity contribution in [1.82, 2.24) is 5.43 Å². The number of esters is 1. The molecule has 0 saturated carbocycles. The second kappa shape index (κ2) is 11.0. The summed E-state index contributed by atoms with van der Waals surface area (Å²) in [6.45, 7) is 0.126. The summed E-state index contributed by atoms with van der Waals surface area (Å²) in [6, 6.07) is 19.5. The number of hydrogen-bond donors (Lipinski definition) is 1. The number of nitrogens with zero attached hydrogens (tertiary/aromatic N) is 2. The first-order valence-electron chi connectivity index (χ1n) is 10.0. The van der Waals surface area contributed by atoms with Crippen LogP contribution >= 0.6 is 11.6 Å². The third-order valence-corrected chi connectivity index (χ3v) is 6.16. The van der Waals surface area contributed by atoms with E-state index in [1.807, 2.05) is 0 Å². The van der Waals surface area contributed by atoms with E-state index in [-0.39, 0.29) is 6.54 Å². The molecule has 0 aromatic heterocycles. The Bertz CT molecular complexity index is 1290. The largest absolute Gasteiger partial charge is 0.465 e. The van der Waals surface area contributed by atoms with Crippen molar-refractivity contribution in [2.75, 3.05) is 17.7 Å². The summed E-state index contributed by atoms with van der Waals surface area (Å²) < 4.78 is 30.6. The highest BCUT2D eigenvalue weighted by molar-refractivity contribution is 7.92. The maximum atomic E-state index is 12.4. The summed E-state index contributed by atoms with van der Waals surface area (Å²) in [6.07, 6.45) is 2.56. The zero-order chi connectivity index (χ0) is 24.7. The monoisotopic (exact) mass is 499 g/mol. The summed E-state index contributed by atoms with van der Waals surface area (Å²) in [4.78, 5) is 23.8. The molecule has 0 aliphatic carbocycles. The number of carbonyl (C=O) groups is 2. The molecule has 0 atom stereocenters. The molecule has 176 valence electrons. The number of sulfonamides is 1. The number of benzene rings is 3. The molecule has 0 saturated heterocycles. The van der Waals surface area contributed by atoms with Gasteiger partial charge in [-0.05, 0) is 59.7 Å². The molecule has 0 aliphatic rings. The number of anilines is 1. The summed E-state index contributed by atoms with van der Waals surface area (Å²) in [5, 5.41) is 4.48. The average Bonchev–Trinajstić information content (AvgIpc) is 2.83. The molecular formula is C24H22ClN3O5S. The Morgan fingerprint density at radius 1 is 0.971 bits per heavy atom. The molecule has 1 N–H and O–H groups in total. The van der Waals surface area contributed by atoms with Gasteiger partial charge in [-0.15, -0.1) is 0 Å². The Labute approximate surface area is 202 Å². The zero-order valence-electron chi connectivity index (χ0n) is 18.4. The van der Waals surface area contributed by atoms with E-state index < -0.39 is 21.9 Å². The van der Waals surface area contributed by atoms with E-state index in [9.17, 15) is 18.0 Å². The molecule has 0 heterocycles. The number of methoxy groups -OCH3 is 1. The maximum Gasteiger partial charge on any atom is 0.337 e. The second-order valence-electron chi connectivity index (χ2n) is 7.26. The smallest absolute Gasteiger partial charge is 0.337 e. The van der Waals surface area contributed by atoms with Crippen LogP contribution in [0.1, 0.15) is 31.8 Å². The van der Waals surface area contributed by atoms with Gasteiger partial charge in [-0.2, -0.15) is 5.10 Å². The average molecular weight is 500 g/mol. The minimum Gasteiger partial charge on any atom is -0.465 e. The fourth-order valence-electron chi connectivity index (χ4n) is 2.99. The van der Waals surface area contributed by atoms with Crippen molar-refractivity contribution >= 4 is 45.4 Å². The van der Waals surface area contributed by atoms with E-state index in [4.69, 9.17) is 11.6 Å². The van der Waals surface area contributed by atoms with Gasteiger partial charge in [-0.3, -0.25) is 9.10 Å².